The van der Waals surface area contributed by atoms with Gasteiger partial charge in [0.2, 0.25) is 23.6 Å². The molecule has 0 radical (unpaired) electrons. The van der Waals surface area contributed by atoms with E-state index >= 15 is 0 Å². The number of H-pyrrole nitrogens is 2. The molecule has 16 atom stereocenters. The standard InChI is InChI=1S/C32H44N16O24P4/c1-45-8-48(24-14(45)26(54)44-32(36)42-24)28-18(52)16(50)10(68-28)4-65-74(57,58)71-76(61,62)72-75(59,60)66-5-11-19(20(63-2)29(69-11)47-6-37-12-21(33)39-30(34)40-22(12)47)70-73(55,56)64-3-9-15(49)17(51)27(67-9)46-7-38-13-23(46)41-31(35)43-25(13)53/h6-11,15-20,27-29,49-52H,3-5H2,1-2H3,(H13-,33,34,35,36,39,40,41,42,43,44,53,54,55,56,57,58,59,60,61,62)/p-3/t9-,10-,11-,15+,16?,17?,18+,19?,20+,27-,28-,29-/m1/s1. The lowest BCUT2D eigenvalue weighted by Crippen LogP contribution is -2.46. The number of aromatic amines is 2. The zero-order chi connectivity index (χ0) is 55.1. The second-order valence-corrected chi connectivity index (χ2v) is 22.5. The van der Waals surface area contributed by atoms with Gasteiger partial charge < -0.3 is 100.0 Å². The largest absolute Gasteiger partial charge is 0.756 e. The van der Waals surface area contributed by atoms with E-state index in [0.717, 1.165) is 33.5 Å². The van der Waals surface area contributed by atoms with Crippen LogP contribution in [0.25, 0.3) is 33.5 Å². The van der Waals surface area contributed by atoms with Crippen molar-refractivity contribution in [1.29, 1.82) is 0 Å². The lowest BCUT2D eigenvalue weighted by atomic mass is 10.1. The molecule has 9 rings (SSSR count). The molecule has 44 heteroatoms. The summed E-state index contributed by atoms with van der Waals surface area (Å²) in [7, 11) is -22.5. The van der Waals surface area contributed by atoms with Crippen LogP contribution in [0.3, 0.4) is 0 Å². The topological polar surface area (TPSA) is 600 Å². The van der Waals surface area contributed by atoms with Crippen molar-refractivity contribution in [3.63, 3.8) is 0 Å². The number of hydrogen-bond acceptors (Lipinski definition) is 34. The summed E-state index contributed by atoms with van der Waals surface area (Å²) in [6.07, 6.45) is -18.0. The van der Waals surface area contributed by atoms with Crippen molar-refractivity contribution >= 4 is 88.4 Å². The molecular weight excluding hydrogens is 1120 g/mol. The Morgan fingerprint density at radius 1 is 0.671 bits per heavy atom. The van der Waals surface area contributed by atoms with Gasteiger partial charge in [-0.15, -0.1) is 0 Å². The SMILES string of the molecule is CO[C@H]1C(OP(=O)([O-])OC[C@H]2O[C@@H](n3cnc4c(=O)[nH]c(N)nc43)C(O)[C@H]2O)[C@@H](COP(=O)([O-])OP(=O)([O-])OP(=O)([O-])OC[C@H]2O[C@@H]([n+]3cn(C)c4c(=O)[nH]c(N)nc43)[C@@H](O)C2O)O[C@H]1n1cnc2c(N)nc(N)nc21. The minimum Gasteiger partial charge on any atom is -0.756 e. The van der Waals surface area contributed by atoms with Gasteiger partial charge in [0.25, 0.3) is 48.4 Å². The molecular formula is C32H41N16O24P4-3. The van der Waals surface area contributed by atoms with Gasteiger partial charge in [-0.1, -0.05) is 4.98 Å². The third-order valence-corrected chi connectivity index (χ3v) is 16.7. The average molecular weight is 1160 g/mol. The van der Waals surface area contributed by atoms with Gasteiger partial charge >= 0.3 is 5.65 Å². The van der Waals surface area contributed by atoms with E-state index in [2.05, 4.69) is 57.5 Å². The van der Waals surface area contributed by atoms with E-state index in [1.165, 1.54) is 17.9 Å². The van der Waals surface area contributed by atoms with Crippen molar-refractivity contribution in [1.82, 2.24) is 53.6 Å². The highest BCUT2D eigenvalue weighted by atomic mass is 31.3. The molecule has 7 unspecified atom stereocenters. The Bertz CT molecular complexity index is 3520. The third kappa shape index (κ3) is 10.9. The summed E-state index contributed by atoms with van der Waals surface area (Å²) in [6.45, 7) is -3.78. The fourth-order valence-electron chi connectivity index (χ4n) is 8.34. The number of ether oxygens (including phenoxy) is 4. The summed E-state index contributed by atoms with van der Waals surface area (Å²) >= 11 is 0. The molecule has 3 fully saturated rings. The lowest BCUT2D eigenvalue weighted by Gasteiger charge is -2.35. The van der Waals surface area contributed by atoms with Crippen LogP contribution in [0.1, 0.15) is 18.7 Å². The Balaban J connectivity index is 0.870. The van der Waals surface area contributed by atoms with Crippen molar-refractivity contribution in [2.24, 2.45) is 7.05 Å². The van der Waals surface area contributed by atoms with E-state index < -0.39 is 136 Å². The van der Waals surface area contributed by atoms with Crippen LogP contribution >= 0.6 is 31.3 Å². The number of rotatable bonds is 19. The zero-order valence-electron chi connectivity index (χ0n) is 38.3. The van der Waals surface area contributed by atoms with E-state index in [9.17, 15) is 67.8 Å². The quantitative estimate of drug-likeness (QED) is 0.0266. The summed E-state index contributed by atoms with van der Waals surface area (Å²) < 4.78 is 106. The van der Waals surface area contributed by atoms with Gasteiger partial charge in [-0.3, -0.25) is 51.5 Å². The van der Waals surface area contributed by atoms with Crippen molar-refractivity contribution < 1.29 is 108 Å². The normalized spacial score (nSPS) is 30.2. The second-order valence-electron chi connectivity index (χ2n) is 16.6. The number of nitrogens with one attached hydrogen (secondary N) is 2. The molecule has 0 aromatic carbocycles. The van der Waals surface area contributed by atoms with Crippen molar-refractivity contribution in [2.75, 3.05) is 49.9 Å². The Labute approximate surface area is 420 Å². The van der Waals surface area contributed by atoms with Crippen LogP contribution in [0.5, 0.6) is 0 Å². The van der Waals surface area contributed by atoms with E-state index in [-0.39, 0.29) is 57.2 Å². The highest BCUT2D eigenvalue weighted by Crippen LogP contribution is 2.63. The van der Waals surface area contributed by atoms with Crippen LogP contribution in [-0.4, -0.2) is 156 Å². The van der Waals surface area contributed by atoms with Crippen LogP contribution in [0.4, 0.5) is 23.7 Å². The predicted molar refractivity (Wildman–Crippen MR) is 235 cm³/mol. The van der Waals surface area contributed by atoms with E-state index in [1.807, 2.05) is 0 Å². The van der Waals surface area contributed by atoms with Crippen LogP contribution in [-0.2, 0) is 71.0 Å². The number of nitrogens with zero attached hydrogens (tertiary/aromatic N) is 10. The van der Waals surface area contributed by atoms with Crippen molar-refractivity contribution in [2.45, 2.75) is 73.6 Å². The molecule has 0 saturated carbocycles. The van der Waals surface area contributed by atoms with Gasteiger partial charge in [-0.2, -0.15) is 15.0 Å². The predicted octanol–water partition coefficient (Wildman–Crippen LogP) is -7.66. The summed E-state index contributed by atoms with van der Waals surface area (Å²) in [6, 6.07) is 0. The number of methoxy groups -OCH3 is 1. The minimum atomic E-state index is -6.61. The van der Waals surface area contributed by atoms with Gasteiger partial charge in [-0.25, -0.2) is 23.2 Å². The minimum absolute atomic E-state index is 0.0524. The summed E-state index contributed by atoms with van der Waals surface area (Å²) in [5.74, 6) is -1.27. The lowest BCUT2D eigenvalue weighted by molar-refractivity contribution is -0.745. The monoisotopic (exact) mass is 1160 g/mol. The second kappa shape index (κ2) is 20.5. The molecule has 6 aromatic heterocycles. The fraction of sp³-hybridized carbons (Fsp3) is 0.531. The number of aliphatic hydroxyl groups is 4. The molecule has 14 N–H and O–H groups in total. The number of phosphoric ester groups is 3. The molecule has 40 nitrogen and oxygen atoms in total. The summed E-state index contributed by atoms with van der Waals surface area (Å²) in [5.41, 5.74) is 20.7. The summed E-state index contributed by atoms with van der Waals surface area (Å²) in [5, 5.41) is 43.1. The number of nitrogen functional groups attached to an aromatic ring is 4. The first-order chi connectivity index (χ1) is 35.6. The van der Waals surface area contributed by atoms with Crippen molar-refractivity contribution in [3.05, 3.63) is 39.7 Å². The molecule has 6 aromatic rings. The maximum absolute atomic E-state index is 13.6. The Hall–Kier alpha value is -5.35. The summed E-state index contributed by atoms with van der Waals surface area (Å²) in [4.78, 5) is 105. The molecule has 76 heavy (non-hydrogen) atoms. The first-order valence-corrected chi connectivity index (χ1v) is 27.1. The molecule has 0 spiro atoms. The molecule has 416 valence electrons. The number of aryl methyl sites for hydroxylation is 1. The highest BCUT2D eigenvalue weighted by Gasteiger charge is 2.51. The number of phosphoric acid groups is 4. The molecule has 0 bridgehead atoms. The first-order valence-electron chi connectivity index (χ1n) is 21.3. The highest BCUT2D eigenvalue weighted by molar-refractivity contribution is 7.65. The number of hydrogen-bond donors (Lipinski definition) is 10. The number of imidazole rings is 3. The Morgan fingerprint density at radius 3 is 1.87 bits per heavy atom. The average Bonchev–Trinajstić information content (AvgIpc) is 4.17. The van der Waals surface area contributed by atoms with E-state index in [1.54, 1.807) is 0 Å². The zero-order valence-corrected chi connectivity index (χ0v) is 41.9. The van der Waals surface area contributed by atoms with Gasteiger partial charge in [0, 0.05) is 7.11 Å². The van der Waals surface area contributed by atoms with Crippen LogP contribution < -0.4 is 58.2 Å². The number of aromatic nitrogens is 12. The molecule has 3 saturated heterocycles. The Kier molecular flexibility index (Phi) is 14.9. The van der Waals surface area contributed by atoms with Gasteiger partial charge in [0.15, 0.2) is 41.4 Å². The van der Waals surface area contributed by atoms with E-state index in [4.69, 9.17) is 50.9 Å². The number of fused-ring (bicyclic) bond motifs is 3. The third-order valence-electron chi connectivity index (χ3n) is 11.6. The number of aliphatic hydroxyl groups excluding tert-OH is 4. The maximum atomic E-state index is 13.6. The molecule has 3 aliphatic rings. The number of anilines is 4. The van der Waals surface area contributed by atoms with Gasteiger partial charge in [-0.05, 0) is 0 Å². The van der Waals surface area contributed by atoms with Crippen LogP contribution in [0.15, 0.2) is 28.6 Å². The molecule has 0 amide bonds. The van der Waals surface area contributed by atoms with E-state index in [0.29, 0.717) is 0 Å². The molecule has 3 aliphatic heterocycles. The van der Waals surface area contributed by atoms with Gasteiger partial charge in [0.1, 0.15) is 60.5 Å². The van der Waals surface area contributed by atoms with Crippen LogP contribution in [0.2, 0.25) is 0 Å². The van der Waals surface area contributed by atoms with Crippen molar-refractivity contribution in [3.8, 4) is 0 Å². The van der Waals surface area contributed by atoms with Crippen LogP contribution in [0, 0.1) is 0 Å². The fourth-order valence-corrected chi connectivity index (χ4v) is 12.7. The maximum Gasteiger partial charge on any atom is 0.313 e. The molecule has 9 heterocycles. The smallest absolute Gasteiger partial charge is 0.313 e. The van der Waals surface area contributed by atoms with Gasteiger partial charge in [0.05, 0.1) is 39.5 Å². The molecule has 0 aliphatic carbocycles. The number of nitrogens with two attached hydrogens (primary N) is 4. The Morgan fingerprint density at radius 2 is 1.21 bits per heavy atom. The first kappa shape index (κ1) is 55.4.